The standard InChI is InChI=1S/C13H20N2O4/c1-3-13(4-2,12(16)17)8-10-14-11(15-19-10)9-6-5-7-18-9/h9H,3-8H2,1-2H3,(H,16,17). The highest BCUT2D eigenvalue weighted by Gasteiger charge is 2.37. The molecule has 0 aromatic carbocycles. The first kappa shape index (κ1) is 14.0. The molecule has 1 fully saturated rings. The second-order valence-electron chi connectivity index (χ2n) is 5.02. The molecule has 1 unspecified atom stereocenters. The third-order valence-corrected chi connectivity index (χ3v) is 4.00. The molecule has 19 heavy (non-hydrogen) atoms. The van der Waals surface area contributed by atoms with Crippen LogP contribution in [0.2, 0.25) is 0 Å². The number of carboxylic acid groups (broad SMARTS) is 1. The summed E-state index contributed by atoms with van der Waals surface area (Å²) in [7, 11) is 0. The van der Waals surface area contributed by atoms with Gasteiger partial charge in [-0.1, -0.05) is 19.0 Å². The average molecular weight is 268 g/mol. The van der Waals surface area contributed by atoms with Gasteiger partial charge in [-0.25, -0.2) is 0 Å². The first-order chi connectivity index (χ1) is 9.11. The van der Waals surface area contributed by atoms with Crippen molar-refractivity contribution in [3.63, 3.8) is 0 Å². The summed E-state index contributed by atoms with van der Waals surface area (Å²) in [6.45, 7) is 4.46. The van der Waals surface area contributed by atoms with Crippen LogP contribution in [0.25, 0.3) is 0 Å². The molecule has 1 aromatic rings. The molecular formula is C13H20N2O4. The smallest absolute Gasteiger partial charge is 0.310 e. The Labute approximate surface area is 112 Å². The molecule has 2 heterocycles. The summed E-state index contributed by atoms with van der Waals surface area (Å²) in [6.07, 6.45) is 3.14. The van der Waals surface area contributed by atoms with Gasteiger partial charge in [0, 0.05) is 13.0 Å². The molecule has 6 nitrogen and oxygen atoms in total. The van der Waals surface area contributed by atoms with Crippen LogP contribution in [0.1, 0.15) is 57.3 Å². The Hall–Kier alpha value is -1.43. The van der Waals surface area contributed by atoms with Crippen LogP contribution in [0, 0.1) is 5.41 Å². The predicted octanol–water partition coefficient (Wildman–Crippen LogP) is 2.35. The highest BCUT2D eigenvalue weighted by Crippen LogP contribution is 2.32. The fourth-order valence-electron chi connectivity index (χ4n) is 2.42. The highest BCUT2D eigenvalue weighted by atomic mass is 16.5. The van der Waals surface area contributed by atoms with Crippen molar-refractivity contribution >= 4 is 5.97 Å². The largest absolute Gasteiger partial charge is 0.481 e. The van der Waals surface area contributed by atoms with E-state index < -0.39 is 11.4 Å². The van der Waals surface area contributed by atoms with Crippen molar-refractivity contribution < 1.29 is 19.2 Å². The Kier molecular flexibility index (Phi) is 4.19. The molecule has 0 amide bonds. The third-order valence-electron chi connectivity index (χ3n) is 4.00. The zero-order valence-corrected chi connectivity index (χ0v) is 11.4. The van der Waals surface area contributed by atoms with Crippen molar-refractivity contribution in [2.75, 3.05) is 6.61 Å². The molecular weight excluding hydrogens is 248 g/mol. The lowest BCUT2D eigenvalue weighted by Crippen LogP contribution is -2.32. The van der Waals surface area contributed by atoms with Crippen LogP contribution in [0.4, 0.5) is 0 Å². The first-order valence-corrected chi connectivity index (χ1v) is 6.78. The molecule has 0 bridgehead atoms. The van der Waals surface area contributed by atoms with Crippen molar-refractivity contribution in [3.8, 4) is 0 Å². The molecule has 0 spiro atoms. The van der Waals surface area contributed by atoms with Gasteiger partial charge >= 0.3 is 5.97 Å². The maximum Gasteiger partial charge on any atom is 0.310 e. The van der Waals surface area contributed by atoms with E-state index in [1.54, 1.807) is 0 Å². The Morgan fingerprint density at radius 2 is 2.21 bits per heavy atom. The van der Waals surface area contributed by atoms with E-state index in [1.807, 2.05) is 13.8 Å². The molecule has 106 valence electrons. The molecule has 6 heteroatoms. The lowest BCUT2D eigenvalue weighted by atomic mass is 9.79. The number of aromatic nitrogens is 2. The maximum absolute atomic E-state index is 11.4. The second-order valence-corrected chi connectivity index (χ2v) is 5.02. The fraction of sp³-hybridized carbons (Fsp3) is 0.769. The maximum atomic E-state index is 11.4. The molecule has 0 aliphatic carbocycles. The number of nitrogens with zero attached hydrogens (tertiary/aromatic N) is 2. The zero-order chi connectivity index (χ0) is 13.9. The highest BCUT2D eigenvalue weighted by molar-refractivity contribution is 5.74. The van der Waals surface area contributed by atoms with Crippen LogP contribution >= 0.6 is 0 Å². The molecule has 1 aromatic heterocycles. The minimum Gasteiger partial charge on any atom is -0.481 e. The normalized spacial score (nSPS) is 19.8. The molecule has 0 saturated carbocycles. The summed E-state index contributed by atoms with van der Waals surface area (Å²) in [5, 5.41) is 13.3. The summed E-state index contributed by atoms with van der Waals surface area (Å²) in [6, 6.07) is 0. The van der Waals surface area contributed by atoms with E-state index in [1.165, 1.54) is 0 Å². The van der Waals surface area contributed by atoms with Gasteiger partial charge in [-0.3, -0.25) is 4.79 Å². The van der Waals surface area contributed by atoms with Crippen LogP contribution in [-0.2, 0) is 16.0 Å². The van der Waals surface area contributed by atoms with E-state index in [0.717, 1.165) is 19.4 Å². The van der Waals surface area contributed by atoms with Gasteiger partial charge in [-0.05, 0) is 25.7 Å². The summed E-state index contributed by atoms with van der Waals surface area (Å²) in [5.74, 6) is 0.116. The number of hydrogen-bond donors (Lipinski definition) is 1. The summed E-state index contributed by atoms with van der Waals surface area (Å²) in [4.78, 5) is 15.7. The average Bonchev–Trinajstić information content (AvgIpc) is 3.06. The molecule has 1 aliphatic rings. The lowest BCUT2D eigenvalue weighted by Gasteiger charge is -2.24. The van der Waals surface area contributed by atoms with Crippen molar-refractivity contribution in [2.24, 2.45) is 5.41 Å². The molecule has 1 N–H and O–H groups in total. The van der Waals surface area contributed by atoms with Crippen LogP contribution in [0.15, 0.2) is 4.52 Å². The molecule has 1 saturated heterocycles. The summed E-state index contributed by atoms with van der Waals surface area (Å²) < 4.78 is 10.7. The number of aliphatic carboxylic acids is 1. The van der Waals surface area contributed by atoms with Crippen molar-refractivity contribution in [3.05, 3.63) is 11.7 Å². The third kappa shape index (κ3) is 2.78. The SMILES string of the molecule is CCC(CC)(Cc1nc(C2CCCO2)no1)C(=O)O. The van der Waals surface area contributed by atoms with Crippen molar-refractivity contribution in [1.82, 2.24) is 10.1 Å². The van der Waals surface area contributed by atoms with E-state index in [4.69, 9.17) is 9.26 Å². The van der Waals surface area contributed by atoms with Crippen LogP contribution in [-0.4, -0.2) is 27.8 Å². The monoisotopic (exact) mass is 268 g/mol. The Balaban J connectivity index is 2.11. The van der Waals surface area contributed by atoms with E-state index in [9.17, 15) is 9.90 Å². The predicted molar refractivity (Wildman–Crippen MR) is 66.6 cm³/mol. The van der Waals surface area contributed by atoms with Gasteiger partial charge in [0.25, 0.3) is 0 Å². The Morgan fingerprint density at radius 1 is 1.47 bits per heavy atom. The van der Waals surface area contributed by atoms with E-state index >= 15 is 0 Å². The molecule has 1 atom stereocenters. The van der Waals surface area contributed by atoms with Crippen LogP contribution in [0.5, 0.6) is 0 Å². The minimum absolute atomic E-state index is 0.0972. The van der Waals surface area contributed by atoms with Crippen molar-refractivity contribution in [2.45, 2.75) is 52.1 Å². The number of ether oxygens (including phenoxy) is 1. The zero-order valence-electron chi connectivity index (χ0n) is 11.4. The van der Waals surface area contributed by atoms with Gasteiger partial charge < -0.3 is 14.4 Å². The molecule has 0 radical (unpaired) electrons. The van der Waals surface area contributed by atoms with Gasteiger partial charge in [0.2, 0.25) is 11.7 Å². The molecule has 2 rings (SSSR count). The van der Waals surface area contributed by atoms with E-state index in [2.05, 4.69) is 10.1 Å². The van der Waals surface area contributed by atoms with Gasteiger partial charge in [-0.2, -0.15) is 4.98 Å². The number of hydrogen-bond acceptors (Lipinski definition) is 5. The van der Waals surface area contributed by atoms with E-state index in [-0.39, 0.29) is 12.5 Å². The van der Waals surface area contributed by atoms with Gasteiger partial charge in [0.1, 0.15) is 6.10 Å². The first-order valence-electron chi connectivity index (χ1n) is 6.78. The van der Waals surface area contributed by atoms with Crippen LogP contribution in [0.3, 0.4) is 0 Å². The van der Waals surface area contributed by atoms with E-state index in [0.29, 0.717) is 24.6 Å². The number of rotatable bonds is 6. The number of carboxylic acids is 1. The summed E-state index contributed by atoms with van der Waals surface area (Å²) >= 11 is 0. The quantitative estimate of drug-likeness (QED) is 0.852. The van der Waals surface area contributed by atoms with Gasteiger partial charge in [0.15, 0.2) is 0 Å². The van der Waals surface area contributed by atoms with Gasteiger partial charge in [-0.15, -0.1) is 0 Å². The number of carbonyl (C=O) groups is 1. The fourth-order valence-corrected chi connectivity index (χ4v) is 2.42. The Bertz CT molecular complexity index is 434. The Morgan fingerprint density at radius 3 is 2.74 bits per heavy atom. The van der Waals surface area contributed by atoms with Gasteiger partial charge in [0.05, 0.1) is 5.41 Å². The molecule has 1 aliphatic heterocycles. The summed E-state index contributed by atoms with van der Waals surface area (Å²) in [5.41, 5.74) is -0.819. The minimum atomic E-state index is -0.819. The van der Waals surface area contributed by atoms with Crippen molar-refractivity contribution in [1.29, 1.82) is 0 Å². The second kappa shape index (κ2) is 5.69. The lowest BCUT2D eigenvalue weighted by molar-refractivity contribution is -0.149. The van der Waals surface area contributed by atoms with Crippen LogP contribution < -0.4 is 0 Å². The topological polar surface area (TPSA) is 85.5 Å².